The van der Waals surface area contributed by atoms with Crippen molar-refractivity contribution in [3.05, 3.63) is 96.4 Å². The molecule has 0 radical (unpaired) electrons. The van der Waals surface area contributed by atoms with Crippen LogP contribution in [0, 0.1) is 0 Å². The molecule has 2 aliphatic heterocycles. The van der Waals surface area contributed by atoms with E-state index in [-0.39, 0.29) is 24.4 Å². The van der Waals surface area contributed by atoms with Gasteiger partial charge in [-0.25, -0.2) is 0 Å². The van der Waals surface area contributed by atoms with Gasteiger partial charge < -0.3 is 19.5 Å². The number of carbonyl (C=O) groups is 2. The van der Waals surface area contributed by atoms with E-state index in [0.29, 0.717) is 36.9 Å². The average molecular weight is 589 g/mol. The number of hydrogen-bond acceptors (Lipinski definition) is 5. The van der Waals surface area contributed by atoms with E-state index in [2.05, 4.69) is 21.2 Å². The molecule has 3 aromatic carbocycles. The second kappa shape index (κ2) is 12.1. The van der Waals surface area contributed by atoms with Crippen LogP contribution in [-0.2, 0) is 20.7 Å². The quantitative estimate of drug-likeness (QED) is 0.258. The molecule has 1 N–H and O–H groups in total. The summed E-state index contributed by atoms with van der Waals surface area (Å²) in [4.78, 5) is 35.9. The van der Waals surface area contributed by atoms with Crippen molar-refractivity contribution >= 4 is 28.4 Å². The molecule has 2 aliphatic rings. The zero-order chi connectivity index (χ0) is 30.0. The predicted octanol–water partition coefficient (Wildman–Crippen LogP) is 5.51. The third-order valence-corrected chi connectivity index (χ3v) is 9.00. The Bertz CT molecular complexity index is 1790. The lowest BCUT2D eigenvalue weighted by Gasteiger charge is -2.37. The van der Waals surface area contributed by atoms with Crippen LogP contribution in [0.15, 0.2) is 85.1 Å². The lowest BCUT2D eigenvalue weighted by Crippen LogP contribution is -2.50. The Balaban J connectivity index is 1.33. The van der Waals surface area contributed by atoms with Crippen LogP contribution in [0.4, 0.5) is 5.69 Å². The summed E-state index contributed by atoms with van der Waals surface area (Å²) >= 11 is 0. The average Bonchev–Trinajstić information content (AvgIpc) is 3.68. The third-order valence-electron chi connectivity index (χ3n) is 9.00. The van der Waals surface area contributed by atoms with Crippen molar-refractivity contribution < 1.29 is 14.3 Å². The first-order valence-corrected chi connectivity index (χ1v) is 15.4. The number of fused-ring (bicyclic) bond motifs is 4. The number of H-pyrrole nitrogens is 1. The molecule has 0 bridgehead atoms. The summed E-state index contributed by atoms with van der Waals surface area (Å²) in [5.74, 6) is 0.365. The molecular formula is C35H36N6O3. The number of para-hydroxylation sites is 3. The Labute approximate surface area is 256 Å². The van der Waals surface area contributed by atoms with Crippen LogP contribution >= 0.6 is 0 Å². The van der Waals surface area contributed by atoms with E-state index in [1.54, 1.807) is 12.0 Å². The molecule has 2 atom stereocenters. The highest BCUT2D eigenvalue weighted by atomic mass is 16.5. The van der Waals surface area contributed by atoms with Gasteiger partial charge >= 0.3 is 0 Å². The van der Waals surface area contributed by atoms with Crippen molar-refractivity contribution in [1.29, 1.82) is 0 Å². The minimum atomic E-state index is -0.662. The third kappa shape index (κ3) is 5.07. The molecule has 2 amide bonds. The number of aromatic nitrogens is 4. The van der Waals surface area contributed by atoms with Crippen LogP contribution < -0.4 is 4.90 Å². The van der Waals surface area contributed by atoms with E-state index in [1.807, 2.05) is 88.5 Å². The maximum atomic E-state index is 14.8. The van der Waals surface area contributed by atoms with E-state index in [0.717, 1.165) is 53.4 Å². The molecule has 5 aromatic rings. The van der Waals surface area contributed by atoms with Gasteiger partial charge in [0.25, 0.3) is 0 Å². The fraction of sp³-hybridized carbons (Fsp3) is 0.314. The first-order chi connectivity index (χ1) is 21.6. The van der Waals surface area contributed by atoms with Crippen molar-refractivity contribution in [2.75, 3.05) is 31.7 Å². The number of carbonyl (C=O) groups excluding carboxylic acids is 2. The number of amides is 2. The van der Waals surface area contributed by atoms with Crippen molar-refractivity contribution in [1.82, 2.24) is 24.6 Å². The van der Waals surface area contributed by atoms with Gasteiger partial charge in [-0.1, -0.05) is 60.7 Å². The molecule has 2 aromatic heterocycles. The fourth-order valence-corrected chi connectivity index (χ4v) is 6.80. The van der Waals surface area contributed by atoms with Gasteiger partial charge in [-0.15, -0.1) is 10.2 Å². The molecule has 0 saturated carbocycles. The van der Waals surface area contributed by atoms with Gasteiger partial charge in [0.05, 0.1) is 11.4 Å². The number of rotatable bonds is 8. The fourth-order valence-electron chi connectivity index (χ4n) is 6.80. The lowest BCUT2D eigenvalue weighted by molar-refractivity contribution is -0.135. The predicted molar refractivity (Wildman–Crippen MR) is 170 cm³/mol. The van der Waals surface area contributed by atoms with E-state index < -0.39 is 5.92 Å². The van der Waals surface area contributed by atoms with Gasteiger partial charge in [0.1, 0.15) is 12.5 Å². The second-order valence-electron chi connectivity index (χ2n) is 11.6. The summed E-state index contributed by atoms with van der Waals surface area (Å²) in [6, 6.07) is 25.9. The minimum absolute atomic E-state index is 0.0390. The number of piperidine rings is 1. The molecule has 0 aliphatic carbocycles. The van der Waals surface area contributed by atoms with Crippen molar-refractivity contribution in [3.63, 3.8) is 0 Å². The Morgan fingerprint density at radius 2 is 1.73 bits per heavy atom. The summed E-state index contributed by atoms with van der Waals surface area (Å²) < 4.78 is 7.36. The van der Waals surface area contributed by atoms with Crippen LogP contribution in [0.3, 0.4) is 0 Å². The summed E-state index contributed by atoms with van der Waals surface area (Å²) in [5.41, 5.74) is 4.39. The normalized spacial score (nSPS) is 18.2. The molecule has 9 nitrogen and oxygen atoms in total. The van der Waals surface area contributed by atoms with Crippen LogP contribution in [0.25, 0.3) is 28.0 Å². The molecule has 2 unspecified atom stereocenters. The number of benzene rings is 3. The van der Waals surface area contributed by atoms with Gasteiger partial charge in [-0.05, 0) is 55.9 Å². The van der Waals surface area contributed by atoms with Gasteiger partial charge in [0, 0.05) is 49.0 Å². The van der Waals surface area contributed by atoms with Gasteiger partial charge in [-0.3, -0.25) is 14.2 Å². The molecule has 7 rings (SSSR count). The van der Waals surface area contributed by atoms with Gasteiger partial charge in [0.15, 0.2) is 11.6 Å². The number of nitrogens with zero attached hydrogens (tertiary/aromatic N) is 5. The number of anilines is 1. The molecule has 44 heavy (non-hydrogen) atoms. The largest absolute Gasteiger partial charge is 0.385 e. The molecule has 1 saturated heterocycles. The zero-order valence-corrected chi connectivity index (χ0v) is 24.9. The topological polar surface area (TPSA) is 96.3 Å². The number of hydrogen-bond donors (Lipinski definition) is 1. The Kier molecular flexibility index (Phi) is 7.70. The number of aromatic amines is 1. The first-order valence-electron chi connectivity index (χ1n) is 15.4. The molecule has 1 fully saturated rings. The van der Waals surface area contributed by atoms with Gasteiger partial charge in [-0.2, -0.15) is 0 Å². The van der Waals surface area contributed by atoms with Crippen LogP contribution in [-0.4, -0.2) is 69.3 Å². The summed E-state index contributed by atoms with van der Waals surface area (Å²) in [6.45, 7) is 1.25. The SMILES string of the molecule is COCCC1CCCCN1C(=O)CN1C(=O)C(Cc2c[nH]c3ccccc23)c2nnc(-c3ccccc3)n2-c2ccccc21. The first kappa shape index (κ1) is 28.0. The van der Waals surface area contributed by atoms with E-state index in [9.17, 15) is 9.59 Å². The minimum Gasteiger partial charge on any atom is -0.385 e. The Morgan fingerprint density at radius 3 is 2.57 bits per heavy atom. The molecule has 224 valence electrons. The molecule has 0 spiro atoms. The highest BCUT2D eigenvalue weighted by molar-refractivity contribution is 6.05. The smallest absolute Gasteiger partial charge is 0.242 e. The molecule has 4 heterocycles. The van der Waals surface area contributed by atoms with Crippen molar-refractivity contribution in [3.8, 4) is 17.1 Å². The summed E-state index contributed by atoms with van der Waals surface area (Å²) in [6.07, 6.45) is 6.17. The lowest BCUT2D eigenvalue weighted by atomic mass is 9.96. The number of methoxy groups -OCH3 is 1. The zero-order valence-electron chi connectivity index (χ0n) is 24.9. The highest BCUT2D eigenvalue weighted by Crippen LogP contribution is 2.39. The van der Waals surface area contributed by atoms with E-state index >= 15 is 0 Å². The van der Waals surface area contributed by atoms with Crippen molar-refractivity contribution in [2.45, 2.75) is 44.1 Å². The Morgan fingerprint density at radius 1 is 0.955 bits per heavy atom. The number of nitrogens with one attached hydrogen (secondary N) is 1. The summed E-state index contributed by atoms with van der Waals surface area (Å²) in [5, 5.41) is 10.4. The Hall–Kier alpha value is -4.76. The van der Waals surface area contributed by atoms with Crippen LogP contribution in [0.1, 0.15) is 43.0 Å². The standard InChI is InChI=1S/C35H36N6O3/c1-44-20-18-26-13-9-10-19-39(26)32(42)23-40-30-16-7-8-17-31(30)41-33(24-11-3-2-4-12-24)37-38-34(41)28(35(40)43)21-25-22-36-29-15-6-5-14-27(25)29/h2-8,11-12,14-17,22,26,28,36H,9-10,13,18-21,23H2,1H3. The molecule has 9 heteroatoms. The van der Waals surface area contributed by atoms with E-state index in [1.165, 1.54) is 0 Å². The van der Waals surface area contributed by atoms with Crippen LogP contribution in [0.2, 0.25) is 0 Å². The van der Waals surface area contributed by atoms with E-state index in [4.69, 9.17) is 4.74 Å². The number of ether oxygens (including phenoxy) is 1. The highest BCUT2D eigenvalue weighted by Gasteiger charge is 2.40. The van der Waals surface area contributed by atoms with Crippen LogP contribution in [0.5, 0.6) is 0 Å². The second-order valence-corrected chi connectivity index (χ2v) is 11.6. The monoisotopic (exact) mass is 588 g/mol. The maximum Gasteiger partial charge on any atom is 0.242 e. The summed E-state index contributed by atoms with van der Waals surface area (Å²) in [7, 11) is 1.69. The van der Waals surface area contributed by atoms with Gasteiger partial charge in [0.2, 0.25) is 11.8 Å². The molecular weight excluding hydrogens is 552 g/mol. The van der Waals surface area contributed by atoms with Crippen molar-refractivity contribution in [2.24, 2.45) is 0 Å². The number of likely N-dealkylation sites (tertiary alicyclic amines) is 1. The maximum absolute atomic E-state index is 14.8.